The van der Waals surface area contributed by atoms with E-state index in [1.165, 1.54) is 12.8 Å². The smallest absolute Gasteiger partial charge is 0.228 e. The molecule has 164 valence electrons. The van der Waals surface area contributed by atoms with Crippen LogP contribution in [0.2, 0.25) is 0 Å². The third-order valence-corrected chi connectivity index (χ3v) is 8.43. The van der Waals surface area contributed by atoms with Gasteiger partial charge >= 0.3 is 0 Å². The summed E-state index contributed by atoms with van der Waals surface area (Å²) < 4.78 is 0.974. The van der Waals surface area contributed by atoms with E-state index in [4.69, 9.17) is 0 Å². The lowest BCUT2D eigenvalue weighted by atomic mass is 9.78. The predicted octanol–water partition coefficient (Wildman–Crippen LogP) is 4.14. The van der Waals surface area contributed by atoms with Crippen molar-refractivity contribution in [2.24, 2.45) is 29.1 Å². The summed E-state index contributed by atoms with van der Waals surface area (Å²) in [5, 5.41) is 6.21. The van der Waals surface area contributed by atoms with Crippen LogP contribution in [0.3, 0.4) is 0 Å². The number of H-pyrrole nitrogens is 1. The number of aromatic nitrogens is 2. The zero-order chi connectivity index (χ0) is 21.8. The van der Waals surface area contributed by atoms with Crippen molar-refractivity contribution in [1.82, 2.24) is 15.3 Å². The highest BCUT2D eigenvalue weighted by Gasteiger charge is 2.71. The van der Waals surface area contributed by atoms with Crippen molar-refractivity contribution in [3.8, 4) is 0 Å². The Morgan fingerprint density at radius 1 is 1.10 bits per heavy atom. The Balaban J connectivity index is 1.29. The topological polar surface area (TPSA) is 86.9 Å². The number of amides is 2. The Kier molecular flexibility index (Phi) is 5.19. The maximum atomic E-state index is 13.3. The van der Waals surface area contributed by atoms with Gasteiger partial charge in [0, 0.05) is 28.8 Å². The normalized spacial score (nSPS) is 27.5. The number of hydrogen-bond donors (Lipinski definition) is 3. The molecule has 3 fully saturated rings. The number of benzene rings is 1. The molecule has 0 saturated heterocycles. The first-order valence-corrected chi connectivity index (χ1v) is 12.0. The molecular weight excluding hydrogens is 456 g/mol. The molecular formula is C24H29BrN4O2. The largest absolute Gasteiger partial charge is 0.355 e. The molecule has 5 rings (SSSR count). The molecule has 7 heteroatoms. The van der Waals surface area contributed by atoms with Gasteiger partial charge in [-0.05, 0) is 81.0 Å². The minimum atomic E-state index is -0.238. The van der Waals surface area contributed by atoms with Crippen LogP contribution in [0.4, 0.5) is 5.69 Å². The van der Waals surface area contributed by atoms with Crippen molar-refractivity contribution >= 4 is 33.4 Å². The molecule has 0 radical (unpaired) electrons. The molecule has 1 aromatic carbocycles. The van der Waals surface area contributed by atoms with Gasteiger partial charge in [-0.3, -0.25) is 9.59 Å². The molecule has 6 nitrogen and oxygen atoms in total. The second-order valence-corrected chi connectivity index (χ2v) is 10.4. The molecule has 3 aliphatic carbocycles. The molecule has 0 aliphatic heterocycles. The summed E-state index contributed by atoms with van der Waals surface area (Å²) in [6.07, 6.45) is 5.14. The minimum absolute atomic E-state index is 0.00164. The van der Waals surface area contributed by atoms with E-state index in [1.54, 1.807) is 0 Å². The molecule has 4 atom stereocenters. The fourth-order valence-electron chi connectivity index (χ4n) is 6.28. The molecule has 3 aliphatic rings. The summed E-state index contributed by atoms with van der Waals surface area (Å²) in [5.41, 5.74) is 3.08. The van der Waals surface area contributed by atoms with Crippen molar-refractivity contribution in [2.45, 2.75) is 46.0 Å². The quantitative estimate of drug-likeness (QED) is 0.575. The van der Waals surface area contributed by atoms with E-state index < -0.39 is 0 Å². The first-order valence-electron chi connectivity index (χ1n) is 11.3. The molecule has 2 amide bonds. The minimum Gasteiger partial charge on any atom is -0.355 e. The monoisotopic (exact) mass is 484 g/mol. The molecule has 3 N–H and O–H groups in total. The molecule has 1 spiro atoms. The number of carbonyl (C=O) groups is 2. The summed E-state index contributed by atoms with van der Waals surface area (Å²) >= 11 is 3.43. The first-order chi connectivity index (χ1) is 14.9. The zero-order valence-corrected chi connectivity index (χ0v) is 19.6. The number of rotatable bonds is 6. The number of imidazole rings is 1. The highest BCUT2D eigenvalue weighted by molar-refractivity contribution is 9.10. The van der Waals surface area contributed by atoms with E-state index in [-0.39, 0.29) is 29.1 Å². The van der Waals surface area contributed by atoms with E-state index in [0.29, 0.717) is 24.8 Å². The molecule has 31 heavy (non-hydrogen) atoms. The summed E-state index contributed by atoms with van der Waals surface area (Å²) in [6, 6.07) is 7.62. The number of nitrogens with one attached hydrogen (secondary N) is 3. The van der Waals surface area contributed by atoms with Crippen molar-refractivity contribution < 1.29 is 9.59 Å². The number of nitrogens with zero attached hydrogens (tertiary/aromatic N) is 1. The standard InChI is InChI=1S/C24H29BrN4O2/c1-13-14(2)28-19(27-13)9-12-26-22(30)20-17-7-8-18(24(17)10-11-24)21(20)23(31)29-16-5-3-15(25)4-6-16/h3-6,17-18,20-21H,7-12H2,1-2H3,(H,26,30)(H,27,28)(H,29,31)/t17-,18+,20-,21-/m1/s1. The van der Waals surface area contributed by atoms with E-state index in [1.807, 2.05) is 38.1 Å². The number of halogens is 1. The highest BCUT2D eigenvalue weighted by Crippen LogP contribution is 2.74. The second-order valence-electron chi connectivity index (χ2n) is 9.51. The van der Waals surface area contributed by atoms with Gasteiger partial charge in [-0.2, -0.15) is 0 Å². The van der Waals surface area contributed by atoms with Gasteiger partial charge < -0.3 is 15.6 Å². The summed E-state index contributed by atoms with van der Waals surface area (Å²) in [7, 11) is 0. The van der Waals surface area contributed by atoms with E-state index >= 15 is 0 Å². The maximum Gasteiger partial charge on any atom is 0.228 e. The zero-order valence-electron chi connectivity index (χ0n) is 18.0. The van der Waals surface area contributed by atoms with Crippen LogP contribution in [0.15, 0.2) is 28.7 Å². The molecule has 1 heterocycles. The fourth-order valence-corrected chi connectivity index (χ4v) is 6.55. The average Bonchev–Trinajstić information content (AvgIpc) is 3.30. The van der Waals surface area contributed by atoms with Crippen LogP contribution < -0.4 is 10.6 Å². The molecule has 3 saturated carbocycles. The Hall–Kier alpha value is -2.15. The summed E-state index contributed by atoms with van der Waals surface area (Å²) in [5.74, 6) is 1.14. The van der Waals surface area contributed by atoms with Gasteiger partial charge in [0.05, 0.1) is 17.5 Å². The van der Waals surface area contributed by atoms with Gasteiger partial charge in [0.25, 0.3) is 0 Å². The Labute approximate surface area is 191 Å². The lowest BCUT2D eigenvalue weighted by Gasteiger charge is -2.29. The van der Waals surface area contributed by atoms with Gasteiger partial charge in [0.1, 0.15) is 5.82 Å². The van der Waals surface area contributed by atoms with Crippen LogP contribution in [0.1, 0.15) is 42.9 Å². The maximum absolute atomic E-state index is 13.3. The fraction of sp³-hybridized carbons (Fsp3) is 0.542. The summed E-state index contributed by atoms with van der Waals surface area (Å²) in [6.45, 7) is 4.52. The number of aromatic amines is 1. The number of hydrogen-bond acceptors (Lipinski definition) is 3. The molecule has 0 unspecified atom stereocenters. The van der Waals surface area contributed by atoms with Crippen LogP contribution >= 0.6 is 15.9 Å². The van der Waals surface area contributed by atoms with E-state index in [0.717, 1.165) is 40.2 Å². The molecule has 1 aromatic heterocycles. The Morgan fingerprint density at radius 2 is 1.74 bits per heavy atom. The van der Waals surface area contributed by atoms with Crippen molar-refractivity contribution in [3.05, 3.63) is 46.0 Å². The van der Waals surface area contributed by atoms with Crippen LogP contribution in [-0.4, -0.2) is 28.3 Å². The third kappa shape index (κ3) is 3.60. The third-order valence-electron chi connectivity index (χ3n) is 7.90. The van der Waals surface area contributed by atoms with Gasteiger partial charge in [0.15, 0.2) is 0 Å². The summed E-state index contributed by atoms with van der Waals surface area (Å²) in [4.78, 5) is 34.4. The van der Waals surface area contributed by atoms with Crippen LogP contribution in [0, 0.1) is 42.9 Å². The lowest BCUT2D eigenvalue weighted by molar-refractivity contribution is -0.134. The Morgan fingerprint density at radius 3 is 2.32 bits per heavy atom. The second kappa shape index (κ2) is 7.76. The number of anilines is 1. The van der Waals surface area contributed by atoms with Gasteiger partial charge in [-0.1, -0.05) is 15.9 Å². The number of aryl methyl sites for hydroxylation is 2. The first kappa shape index (κ1) is 20.7. The van der Waals surface area contributed by atoms with Crippen LogP contribution in [0.25, 0.3) is 0 Å². The van der Waals surface area contributed by atoms with Gasteiger partial charge in [0.2, 0.25) is 11.8 Å². The molecule has 2 aromatic rings. The van der Waals surface area contributed by atoms with Crippen molar-refractivity contribution in [2.75, 3.05) is 11.9 Å². The molecule has 2 bridgehead atoms. The average molecular weight is 485 g/mol. The predicted molar refractivity (Wildman–Crippen MR) is 122 cm³/mol. The van der Waals surface area contributed by atoms with Gasteiger partial charge in [-0.25, -0.2) is 4.98 Å². The SMILES string of the molecule is Cc1nc(CCNC(=O)[C@H]2[C@H](C(=O)Nc3ccc(Br)cc3)[C@@H]3CC[C@H]2C32CC2)[nH]c1C. The van der Waals surface area contributed by atoms with Crippen molar-refractivity contribution in [3.63, 3.8) is 0 Å². The lowest BCUT2D eigenvalue weighted by Crippen LogP contribution is -2.43. The van der Waals surface area contributed by atoms with Crippen LogP contribution in [-0.2, 0) is 16.0 Å². The van der Waals surface area contributed by atoms with Crippen molar-refractivity contribution in [1.29, 1.82) is 0 Å². The van der Waals surface area contributed by atoms with Crippen LogP contribution in [0.5, 0.6) is 0 Å². The van der Waals surface area contributed by atoms with E-state index in [9.17, 15) is 9.59 Å². The van der Waals surface area contributed by atoms with E-state index in [2.05, 4.69) is 36.5 Å². The van der Waals surface area contributed by atoms with Gasteiger partial charge in [-0.15, -0.1) is 0 Å². The number of carbonyl (C=O) groups excluding carboxylic acids is 2. The Bertz CT molecular complexity index is 992. The highest BCUT2D eigenvalue weighted by atomic mass is 79.9.